The predicted molar refractivity (Wildman–Crippen MR) is 107 cm³/mol. The number of aryl methyl sites for hydroxylation is 1. The van der Waals surface area contributed by atoms with Crippen LogP contribution in [0.4, 0.5) is 4.39 Å². The number of benzene rings is 2. The van der Waals surface area contributed by atoms with Crippen molar-refractivity contribution in [1.29, 1.82) is 0 Å². The quantitative estimate of drug-likeness (QED) is 0.447. The molecule has 2 N–H and O–H groups in total. The number of hydrogen-bond donors (Lipinski definition) is 2. The van der Waals surface area contributed by atoms with Gasteiger partial charge in [-0.3, -0.25) is 14.5 Å². The third-order valence-corrected chi connectivity index (χ3v) is 4.42. The largest absolute Gasteiger partial charge is 0.490 e. The lowest BCUT2D eigenvalue weighted by atomic mass is 10.1. The van der Waals surface area contributed by atoms with E-state index in [1.807, 2.05) is 31.2 Å². The first-order valence-electron chi connectivity index (χ1n) is 8.91. The summed E-state index contributed by atoms with van der Waals surface area (Å²) >= 11 is 5.25. The number of nitrogens with zero attached hydrogens (tertiary/aromatic N) is 2. The standard InChI is InChI=1S/C20H21FN4O2S/c1-14-7-9-15(10-8-14)19-23-24-20(28)25(19)13-18(26)22-11-4-12-27-17-6-3-2-5-16(17)21/h2-3,5-10H,4,11-13H2,1H3,(H,22,26)(H,24,28). The lowest BCUT2D eigenvalue weighted by Gasteiger charge is -2.09. The van der Waals surface area contributed by atoms with Crippen molar-refractivity contribution in [2.75, 3.05) is 13.2 Å². The van der Waals surface area contributed by atoms with E-state index in [1.54, 1.807) is 22.8 Å². The molecule has 8 heteroatoms. The van der Waals surface area contributed by atoms with E-state index in [0.717, 1.165) is 11.1 Å². The number of amides is 1. The summed E-state index contributed by atoms with van der Waals surface area (Å²) in [7, 11) is 0. The molecule has 2 aromatic carbocycles. The number of nitrogens with one attached hydrogen (secondary N) is 2. The summed E-state index contributed by atoms with van der Waals surface area (Å²) < 4.78 is 20.9. The van der Waals surface area contributed by atoms with Crippen molar-refractivity contribution in [3.63, 3.8) is 0 Å². The van der Waals surface area contributed by atoms with Crippen LogP contribution in [0, 0.1) is 17.5 Å². The molecule has 0 aliphatic carbocycles. The molecule has 0 spiro atoms. The van der Waals surface area contributed by atoms with E-state index in [4.69, 9.17) is 17.0 Å². The maximum absolute atomic E-state index is 13.5. The number of carbonyl (C=O) groups excluding carboxylic acids is 1. The molecule has 0 aliphatic rings. The number of halogens is 1. The zero-order valence-corrected chi connectivity index (χ0v) is 16.3. The van der Waals surface area contributed by atoms with Crippen LogP contribution in [-0.2, 0) is 11.3 Å². The molecule has 0 unspecified atom stereocenters. The lowest BCUT2D eigenvalue weighted by molar-refractivity contribution is -0.121. The van der Waals surface area contributed by atoms with Gasteiger partial charge in [0.05, 0.1) is 6.61 Å². The Bertz CT molecular complexity index is 998. The Morgan fingerprint density at radius 2 is 2.00 bits per heavy atom. The van der Waals surface area contributed by atoms with Crippen LogP contribution < -0.4 is 10.1 Å². The van der Waals surface area contributed by atoms with Gasteiger partial charge in [0, 0.05) is 12.1 Å². The average Bonchev–Trinajstić information content (AvgIpc) is 3.04. The highest BCUT2D eigenvalue weighted by molar-refractivity contribution is 7.71. The topological polar surface area (TPSA) is 71.9 Å². The molecule has 6 nitrogen and oxygen atoms in total. The maximum Gasteiger partial charge on any atom is 0.240 e. The Kier molecular flexibility index (Phi) is 6.54. The Balaban J connectivity index is 1.50. The van der Waals surface area contributed by atoms with Gasteiger partial charge in [-0.05, 0) is 37.7 Å². The van der Waals surface area contributed by atoms with E-state index >= 15 is 0 Å². The van der Waals surface area contributed by atoms with Crippen molar-refractivity contribution < 1.29 is 13.9 Å². The van der Waals surface area contributed by atoms with Crippen LogP contribution in [0.5, 0.6) is 5.75 Å². The minimum absolute atomic E-state index is 0.0622. The van der Waals surface area contributed by atoms with Gasteiger partial charge in [-0.1, -0.05) is 42.0 Å². The third-order valence-electron chi connectivity index (χ3n) is 4.11. The number of H-pyrrole nitrogens is 1. The normalized spacial score (nSPS) is 10.6. The number of rotatable bonds is 8. The van der Waals surface area contributed by atoms with Crippen LogP contribution in [0.15, 0.2) is 48.5 Å². The van der Waals surface area contributed by atoms with E-state index in [0.29, 0.717) is 30.2 Å². The summed E-state index contributed by atoms with van der Waals surface area (Å²) in [5, 5.41) is 9.78. The first-order chi connectivity index (χ1) is 13.5. The molecular formula is C20H21FN4O2S. The van der Waals surface area contributed by atoms with Crippen molar-refractivity contribution in [2.24, 2.45) is 0 Å². The Hall–Kier alpha value is -3.00. The highest BCUT2D eigenvalue weighted by atomic mass is 32.1. The van der Waals surface area contributed by atoms with Crippen LogP contribution >= 0.6 is 12.2 Å². The Labute approximate surface area is 167 Å². The molecule has 0 fully saturated rings. The highest BCUT2D eigenvalue weighted by Crippen LogP contribution is 2.18. The molecule has 1 amide bonds. The third kappa shape index (κ3) is 5.04. The van der Waals surface area contributed by atoms with Gasteiger partial charge in [0.2, 0.25) is 5.91 Å². The Morgan fingerprint density at radius 1 is 1.25 bits per heavy atom. The number of carbonyl (C=O) groups is 1. The maximum atomic E-state index is 13.5. The van der Waals surface area contributed by atoms with Crippen LogP contribution in [0.25, 0.3) is 11.4 Å². The smallest absolute Gasteiger partial charge is 0.240 e. The summed E-state index contributed by atoms with van der Waals surface area (Å²) in [6.45, 7) is 2.79. The molecule has 28 heavy (non-hydrogen) atoms. The number of aromatic nitrogens is 3. The van der Waals surface area contributed by atoms with E-state index in [-0.39, 0.29) is 18.2 Å². The first kappa shape index (κ1) is 19.8. The second-order valence-corrected chi connectivity index (χ2v) is 6.67. The van der Waals surface area contributed by atoms with Crippen LogP contribution in [-0.4, -0.2) is 33.8 Å². The summed E-state index contributed by atoms with van der Waals surface area (Å²) in [6, 6.07) is 14.1. The average molecular weight is 400 g/mol. The summed E-state index contributed by atoms with van der Waals surface area (Å²) in [5.41, 5.74) is 2.02. The van der Waals surface area contributed by atoms with Crippen molar-refractivity contribution in [2.45, 2.75) is 19.9 Å². The Morgan fingerprint density at radius 3 is 2.75 bits per heavy atom. The van der Waals surface area contributed by atoms with Gasteiger partial charge in [0.1, 0.15) is 6.54 Å². The second kappa shape index (κ2) is 9.27. The van der Waals surface area contributed by atoms with Gasteiger partial charge in [-0.2, -0.15) is 5.10 Å². The van der Waals surface area contributed by atoms with Gasteiger partial charge < -0.3 is 10.1 Å². The summed E-state index contributed by atoms with van der Waals surface area (Å²) in [6.07, 6.45) is 0.557. The van der Waals surface area contributed by atoms with Gasteiger partial charge in [-0.15, -0.1) is 0 Å². The second-order valence-electron chi connectivity index (χ2n) is 6.29. The van der Waals surface area contributed by atoms with Crippen molar-refractivity contribution in [1.82, 2.24) is 20.1 Å². The van der Waals surface area contributed by atoms with Crippen LogP contribution in [0.3, 0.4) is 0 Å². The number of hydrogen-bond acceptors (Lipinski definition) is 4. The summed E-state index contributed by atoms with van der Waals surface area (Å²) in [5.74, 6) is 0.241. The van der Waals surface area contributed by atoms with E-state index in [9.17, 15) is 9.18 Å². The van der Waals surface area contributed by atoms with E-state index in [1.165, 1.54) is 6.07 Å². The number of ether oxygens (including phenoxy) is 1. The molecule has 3 aromatic rings. The molecule has 0 atom stereocenters. The molecule has 0 bridgehead atoms. The van der Waals surface area contributed by atoms with Crippen molar-refractivity contribution >= 4 is 18.1 Å². The number of para-hydroxylation sites is 1. The fraction of sp³-hybridized carbons (Fsp3) is 0.250. The van der Waals surface area contributed by atoms with Crippen molar-refractivity contribution in [3.8, 4) is 17.1 Å². The monoisotopic (exact) mass is 400 g/mol. The first-order valence-corrected chi connectivity index (χ1v) is 9.31. The van der Waals surface area contributed by atoms with Gasteiger partial charge in [0.25, 0.3) is 0 Å². The fourth-order valence-electron chi connectivity index (χ4n) is 2.63. The SMILES string of the molecule is Cc1ccc(-c2n[nH]c(=S)n2CC(=O)NCCCOc2ccccc2F)cc1. The molecule has 0 aliphatic heterocycles. The molecule has 0 radical (unpaired) electrons. The minimum atomic E-state index is -0.399. The minimum Gasteiger partial charge on any atom is -0.490 e. The molecular weight excluding hydrogens is 379 g/mol. The lowest BCUT2D eigenvalue weighted by Crippen LogP contribution is -2.29. The molecule has 146 valence electrons. The highest BCUT2D eigenvalue weighted by Gasteiger charge is 2.12. The van der Waals surface area contributed by atoms with Gasteiger partial charge in [0.15, 0.2) is 22.2 Å². The van der Waals surface area contributed by atoms with Crippen molar-refractivity contribution in [3.05, 3.63) is 64.7 Å². The predicted octanol–water partition coefficient (Wildman–Crippen LogP) is 3.64. The summed E-state index contributed by atoms with van der Waals surface area (Å²) in [4.78, 5) is 12.3. The van der Waals surface area contributed by atoms with Crippen LogP contribution in [0.1, 0.15) is 12.0 Å². The van der Waals surface area contributed by atoms with Gasteiger partial charge >= 0.3 is 0 Å². The van der Waals surface area contributed by atoms with E-state index < -0.39 is 5.82 Å². The molecule has 0 saturated carbocycles. The zero-order valence-electron chi connectivity index (χ0n) is 15.4. The van der Waals surface area contributed by atoms with Gasteiger partial charge in [-0.25, -0.2) is 4.39 Å². The molecule has 1 aromatic heterocycles. The molecule has 3 rings (SSSR count). The number of aromatic amines is 1. The zero-order chi connectivity index (χ0) is 19.9. The molecule has 1 heterocycles. The van der Waals surface area contributed by atoms with E-state index in [2.05, 4.69) is 15.5 Å². The van der Waals surface area contributed by atoms with Crippen LogP contribution in [0.2, 0.25) is 0 Å². The fourth-order valence-corrected chi connectivity index (χ4v) is 2.83. The molecule has 0 saturated heterocycles.